The van der Waals surface area contributed by atoms with Crippen LogP contribution in [0.15, 0.2) is 0 Å². The van der Waals surface area contributed by atoms with Gasteiger partial charge in [-0.1, -0.05) is 0 Å². The Labute approximate surface area is 69.8 Å². The molecular weight excluding hydrogens is 190 g/mol. The summed E-state index contributed by atoms with van der Waals surface area (Å²) in [5.41, 5.74) is 0. The van der Waals surface area contributed by atoms with E-state index in [1.807, 2.05) is 0 Å². The van der Waals surface area contributed by atoms with Gasteiger partial charge in [-0.15, -0.1) is 0 Å². The molecule has 0 aromatic heterocycles. The summed E-state index contributed by atoms with van der Waals surface area (Å²) in [6.45, 7) is 14.2. The fourth-order valence-electron chi connectivity index (χ4n) is 0. The molecule has 0 aliphatic carbocycles. The van der Waals surface area contributed by atoms with Crippen LogP contribution in [0.1, 0.15) is 0 Å². The summed E-state index contributed by atoms with van der Waals surface area (Å²) in [5.74, 6) is 0. The quantitative estimate of drug-likeness (QED) is 0.406. The van der Waals surface area contributed by atoms with E-state index in [9.17, 15) is 0 Å². The van der Waals surface area contributed by atoms with E-state index in [0.29, 0.717) is 0 Å². The molecule has 8 heavy (non-hydrogen) atoms. The molecule has 0 aromatic carbocycles. The van der Waals surface area contributed by atoms with E-state index in [-0.39, 0.29) is 34.1 Å². The molecule has 0 bridgehead atoms. The molecule has 0 fully saturated rings. The predicted molar refractivity (Wildman–Crippen MR) is 14.9 cm³/mol. The van der Waals surface area contributed by atoms with Crippen molar-refractivity contribution in [1.29, 1.82) is 15.8 Å². The molecule has 0 unspecified atom stereocenters. The van der Waals surface area contributed by atoms with E-state index < -0.39 is 0 Å². The zero-order valence-corrected chi connectivity index (χ0v) is 5.76. The van der Waals surface area contributed by atoms with Gasteiger partial charge in [0.1, 0.15) is 0 Å². The Hall–Kier alpha value is -0.491. The first-order valence-electron chi connectivity index (χ1n) is 0.671. The summed E-state index contributed by atoms with van der Waals surface area (Å²) in [7, 11) is 0. The summed E-state index contributed by atoms with van der Waals surface area (Å²) in [6.07, 6.45) is 0. The van der Waals surface area contributed by atoms with Crippen molar-refractivity contribution in [3.8, 4) is 0 Å². The normalized spacial score (nSPS) is 0.750. The number of nitrogens with zero attached hydrogens (tertiary/aromatic N) is 3. The van der Waals surface area contributed by atoms with E-state index in [4.69, 9.17) is 35.5 Å². The molecule has 0 aliphatic heterocycles. The third kappa shape index (κ3) is 465. The maximum atomic E-state index is 6.25. The minimum absolute atomic E-state index is 0. The molecule has 0 aliphatic rings. The molecule has 0 heterocycles. The summed E-state index contributed by atoms with van der Waals surface area (Å²) in [5, 5.41) is 18.8. The van der Waals surface area contributed by atoms with Gasteiger partial charge >= 0.3 is 34.1 Å². The van der Waals surface area contributed by atoms with Gasteiger partial charge in [0.05, 0.1) is 0 Å². The van der Waals surface area contributed by atoms with Crippen molar-refractivity contribution in [1.82, 2.24) is 0 Å². The molecule has 0 aromatic rings. The zero-order chi connectivity index (χ0) is 6.00. The molecule has 41 valence electrons. The molecule has 0 atom stereocenters. The van der Waals surface area contributed by atoms with Crippen molar-refractivity contribution in [3.05, 3.63) is 19.7 Å². The average molecular weight is 190 g/mol. The minimum Gasteiger partial charge on any atom is -0.512 e. The van der Waals surface area contributed by atoms with Crippen molar-refractivity contribution in [2.75, 3.05) is 0 Å². The standard InChI is InChI=1S/3CN.2Fe/c3*1-2;;/q3*-1;+2;+3. The summed E-state index contributed by atoms with van der Waals surface area (Å²) < 4.78 is 0. The van der Waals surface area contributed by atoms with E-state index in [1.54, 1.807) is 0 Å². The van der Waals surface area contributed by atoms with Crippen LogP contribution in [-0.2, 0) is 34.1 Å². The van der Waals surface area contributed by atoms with Crippen LogP contribution in [0.5, 0.6) is 0 Å². The van der Waals surface area contributed by atoms with E-state index in [2.05, 4.69) is 0 Å². The molecular formula is C3Fe2N3+2. The number of hydrogen-bond donors (Lipinski definition) is 0. The van der Waals surface area contributed by atoms with Crippen molar-refractivity contribution in [2.24, 2.45) is 0 Å². The van der Waals surface area contributed by atoms with Gasteiger partial charge in [0, 0.05) is 0 Å². The SMILES string of the molecule is [C-]#N.[C-]#N.[C-]#N.[Fe+2].[Fe+3]. The topological polar surface area (TPSA) is 71.4 Å². The van der Waals surface area contributed by atoms with Crippen LogP contribution in [0.4, 0.5) is 0 Å². The Morgan fingerprint density at radius 3 is 0.625 bits per heavy atom. The van der Waals surface area contributed by atoms with Gasteiger partial charge < -0.3 is 35.5 Å². The molecule has 3 nitrogen and oxygen atoms in total. The number of rotatable bonds is 0. The molecule has 0 N–H and O–H groups in total. The Kier molecular flexibility index (Phi) is 5180. The van der Waals surface area contributed by atoms with E-state index in [0.717, 1.165) is 0 Å². The third-order valence-electron chi connectivity index (χ3n) is 0. The smallest absolute Gasteiger partial charge is 0.512 e. The van der Waals surface area contributed by atoms with Crippen LogP contribution in [0.2, 0.25) is 0 Å². The van der Waals surface area contributed by atoms with Crippen molar-refractivity contribution >= 4 is 0 Å². The molecule has 0 saturated carbocycles. The van der Waals surface area contributed by atoms with Gasteiger partial charge in [-0.05, 0) is 0 Å². The van der Waals surface area contributed by atoms with Crippen LogP contribution >= 0.6 is 0 Å². The van der Waals surface area contributed by atoms with Crippen LogP contribution in [0.3, 0.4) is 0 Å². The zero-order valence-electron chi connectivity index (χ0n) is 3.55. The molecule has 5 heteroatoms. The molecule has 0 spiro atoms. The minimum atomic E-state index is 0. The first kappa shape index (κ1) is 50.5. The maximum Gasteiger partial charge on any atom is 3.00 e. The van der Waals surface area contributed by atoms with Gasteiger partial charge in [-0.3, -0.25) is 0 Å². The largest absolute Gasteiger partial charge is 3.00 e. The van der Waals surface area contributed by atoms with Gasteiger partial charge in [0.25, 0.3) is 0 Å². The summed E-state index contributed by atoms with van der Waals surface area (Å²) >= 11 is 0. The third-order valence-corrected chi connectivity index (χ3v) is 0. The van der Waals surface area contributed by atoms with E-state index >= 15 is 0 Å². The Morgan fingerprint density at radius 1 is 0.625 bits per heavy atom. The molecule has 1 radical (unpaired) electrons. The number of hydrogen-bond acceptors (Lipinski definition) is 3. The van der Waals surface area contributed by atoms with Crippen LogP contribution in [0.25, 0.3) is 0 Å². The van der Waals surface area contributed by atoms with Gasteiger partial charge in [0.2, 0.25) is 0 Å². The van der Waals surface area contributed by atoms with Gasteiger partial charge in [0.15, 0.2) is 0 Å². The molecule has 0 amide bonds. The van der Waals surface area contributed by atoms with Crippen LogP contribution < -0.4 is 0 Å². The van der Waals surface area contributed by atoms with Gasteiger partial charge in [-0.25, -0.2) is 0 Å². The van der Waals surface area contributed by atoms with Crippen molar-refractivity contribution < 1.29 is 34.1 Å². The first-order chi connectivity index (χ1) is 3.00. The van der Waals surface area contributed by atoms with Crippen molar-refractivity contribution in [2.45, 2.75) is 0 Å². The second kappa shape index (κ2) is 819. The van der Waals surface area contributed by atoms with Gasteiger partial charge in [-0.2, -0.15) is 0 Å². The summed E-state index contributed by atoms with van der Waals surface area (Å²) in [6, 6.07) is 0. The Balaban J connectivity index is -0.00000000500. The fraction of sp³-hybridized carbons (Fsp3) is 0. The first-order valence-corrected chi connectivity index (χ1v) is 0.671. The Morgan fingerprint density at radius 2 is 0.625 bits per heavy atom. The second-order valence-corrected chi connectivity index (χ2v) is 0. The monoisotopic (exact) mass is 190 g/mol. The predicted octanol–water partition coefficient (Wildman–Crippen LogP) is 0.284. The van der Waals surface area contributed by atoms with E-state index in [1.165, 1.54) is 0 Å². The maximum absolute atomic E-state index is 6.25. The fourth-order valence-corrected chi connectivity index (χ4v) is 0. The summed E-state index contributed by atoms with van der Waals surface area (Å²) in [4.78, 5) is 0. The second-order valence-electron chi connectivity index (χ2n) is 0. The Bertz CT molecular complexity index is 41.0. The average Bonchev–Trinajstić information content (AvgIpc) is 1.81. The van der Waals surface area contributed by atoms with Crippen LogP contribution in [0, 0.1) is 35.5 Å². The van der Waals surface area contributed by atoms with Crippen LogP contribution in [-0.4, -0.2) is 0 Å². The van der Waals surface area contributed by atoms with Crippen molar-refractivity contribution in [3.63, 3.8) is 0 Å². The molecule has 0 rings (SSSR count). The molecule has 0 saturated heterocycles.